The Morgan fingerprint density at radius 1 is 1.60 bits per heavy atom. The fourth-order valence-corrected chi connectivity index (χ4v) is 2.30. The Kier molecular flexibility index (Phi) is 3.90. The van der Waals surface area contributed by atoms with Crippen LogP contribution >= 0.6 is 0 Å². The third-order valence-corrected chi connectivity index (χ3v) is 3.41. The third kappa shape index (κ3) is 3.05. The average molecular weight is 206 g/mol. The van der Waals surface area contributed by atoms with Crippen LogP contribution in [0.15, 0.2) is 23.8 Å². The fourth-order valence-electron chi connectivity index (χ4n) is 2.30. The van der Waals surface area contributed by atoms with E-state index in [9.17, 15) is 4.79 Å². The van der Waals surface area contributed by atoms with Crippen molar-refractivity contribution in [2.75, 3.05) is 0 Å². The van der Waals surface area contributed by atoms with Crippen LogP contribution in [0, 0.1) is 11.3 Å². The van der Waals surface area contributed by atoms with E-state index in [0.29, 0.717) is 17.8 Å². The van der Waals surface area contributed by atoms with Crippen LogP contribution < -0.4 is 0 Å². The van der Waals surface area contributed by atoms with Gasteiger partial charge in [0.05, 0.1) is 0 Å². The second-order valence-corrected chi connectivity index (χ2v) is 5.13. The molecule has 1 aliphatic carbocycles. The minimum absolute atomic E-state index is 0.226. The lowest BCUT2D eigenvalue weighted by Gasteiger charge is -2.36. The van der Waals surface area contributed by atoms with Crippen LogP contribution in [0.5, 0.6) is 0 Å². The van der Waals surface area contributed by atoms with Crippen LogP contribution in [0.25, 0.3) is 0 Å². The number of rotatable bonds is 3. The van der Waals surface area contributed by atoms with Gasteiger partial charge in [-0.15, -0.1) is 0 Å². The molecule has 0 N–H and O–H groups in total. The predicted octanol–water partition coefficient (Wildman–Crippen LogP) is 3.90. The van der Waals surface area contributed by atoms with Crippen LogP contribution in [0.2, 0.25) is 0 Å². The maximum absolute atomic E-state index is 11.3. The minimum Gasteiger partial charge on any atom is -0.295 e. The second kappa shape index (κ2) is 4.78. The first-order valence-corrected chi connectivity index (χ1v) is 5.85. The fraction of sp³-hybridized carbons (Fsp3) is 0.643. The van der Waals surface area contributed by atoms with Crippen molar-refractivity contribution in [3.05, 3.63) is 23.8 Å². The molecule has 0 aromatic carbocycles. The molecule has 1 heteroatoms. The van der Waals surface area contributed by atoms with E-state index in [0.717, 1.165) is 0 Å². The molecule has 0 heterocycles. The van der Waals surface area contributed by atoms with Gasteiger partial charge in [-0.05, 0) is 31.3 Å². The van der Waals surface area contributed by atoms with Gasteiger partial charge in [-0.3, -0.25) is 4.79 Å². The Labute approximate surface area is 93.3 Å². The van der Waals surface area contributed by atoms with Crippen LogP contribution in [0.4, 0.5) is 0 Å². The summed E-state index contributed by atoms with van der Waals surface area (Å²) in [7, 11) is 0. The molecule has 15 heavy (non-hydrogen) atoms. The van der Waals surface area contributed by atoms with Crippen molar-refractivity contribution >= 4 is 5.78 Å². The Morgan fingerprint density at radius 2 is 2.27 bits per heavy atom. The number of hydrogen-bond acceptors (Lipinski definition) is 1. The van der Waals surface area contributed by atoms with Crippen LogP contribution in [0.3, 0.4) is 0 Å². The zero-order valence-electron chi connectivity index (χ0n) is 10.3. The van der Waals surface area contributed by atoms with Gasteiger partial charge in [0.1, 0.15) is 0 Å². The summed E-state index contributed by atoms with van der Waals surface area (Å²) < 4.78 is 0. The number of ketones is 1. The van der Waals surface area contributed by atoms with Gasteiger partial charge in [-0.2, -0.15) is 0 Å². The highest BCUT2D eigenvalue weighted by Crippen LogP contribution is 2.41. The molecule has 0 aliphatic heterocycles. The van der Waals surface area contributed by atoms with E-state index in [-0.39, 0.29) is 5.78 Å². The van der Waals surface area contributed by atoms with Gasteiger partial charge in [0.15, 0.2) is 5.78 Å². The monoisotopic (exact) mass is 206 g/mol. The maximum Gasteiger partial charge on any atom is 0.155 e. The largest absolute Gasteiger partial charge is 0.295 e. The Hall–Kier alpha value is -0.850. The summed E-state index contributed by atoms with van der Waals surface area (Å²) in [5.74, 6) is 0.658. The molecule has 0 saturated carbocycles. The molecule has 0 aromatic rings. The first kappa shape index (κ1) is 12.2. The highest BCUT2D eigenvalue weighted by atomic mass is 16.1. The van der Waals surface area contributed by atoms with Gasteiger partial charge in [0, 0.05) is 12.3 Å². The summed E-state index contributed by atoms with van der Waals surface area (Å²) in [5, 5.41) is 0. The highest BCUT2D eigenvalue weighted by molar-refractivity contribution is 5.89. The summed E-state index contributed by atoms with van der Waals surface area (Å²) in [6, 6.07) is 0. The molecular formula is C14H22O. The van der Waals surface area contributed by atoms with Gasteiger partial charge in [-0.25, -0.2) is 0 Å². The summed E-state index contributed by atoms with van der Waals surface area (Å²) >= 11 is 0. The average Bonchev–Trinajstić information content (AvgIpc) is 2.15. The van der Waals surface area contributed by atoms with Crippen molar-refractivity contribution in [1.29, 1.82) is 0 Å². The summed E-state index contributed by atoms with van der Waals surface area (Å²) in [5.41, 5.74) is 1.70. The number of carbonyl (C=O) groups excluding carboxylic acids is 1. The third-order valence-electron chi connectivity index (χ3n) is 3.41. The van der Waals surface area contributed by atoms with Crippen LogP contribution in [-0.4, -0.2) is 5.78 Å². The molecule has 0 radical (unpaired) electrons. The molecular weight excluding hydrogens is 184 g/mol. The lowest BCUT2D eigenvalue weighted by Crippen LogP contribution is -2.26. The van der Waals surface area contributed by atoms with E-state index in [1.54, 1.807) is 6.08 Å². The first-order chi connectivity index (χ1) is 6.97. The van der Waals surface area contributed by atoms with Crippen LogP contribution in [-0.2, 0) is 4.79 Å². The quantitative estimate of drug-likeness (QED) is 0.505. The van der Waals surface area contributed by atoms with E-state index in [4.69, 9.17) is 0 Å². The molecule has 1 atom stereocenters. The molecule has 0 fully saturated rings. The van der Waals surface area contributed by atoms with E-state index >= 15 is 0 Å². The highest BCUT2D eigenvalue weighted by Gasteiger charge is 2.30. The molecule has 84 valence electrons. The van der Waals surface area contributed by atoms with E-state index in [2.05, 4.69) is 32.9 Å². The van der Waals surface area contributed by atoms with Gasteiger partial charge in [0.25, 0.3) is 0 Å². The molecule has 0 amide bonds. The van der Waals surface area contributed by atoms with Crippen molar-refractivity contribution in [1.82, 2.24) is 0 Å². The summed E-state index contributed by atoms with van der Waals surface area (Å²) in [4.78, 5) is 11.3. The summed E-state index contributed by atoms with van der Waals surface area (Å²) in [6.07, 6.45) is 9.14. The second-order valence-electron chi connectivity index (χ2n) is 5.13. The molecule has 0 bridgehead atoms. The molecule has 0 unspecified atom stereocenters. The van der Waals surface area contributed by atoms with Gasteiger partial charge in [0.2, 0.25) is 0 Å². The van der Waals surface area contributed by atoms with Crippen molar-refractivity contribution in [3.8, 4) is 0 Å². The van der Waals surface area contributed by atoms with Crippen molar-refractivity contribution < 1.29 is 4.79 Å². The van der Waals surface area contributed by atoms with Crippen molar-refractivity contribution in [3.63, 3.8) is 0 Å². The van der Waals surface area contributed by atoms with Crippen LogP contribution in [0.1, 0.15) is 47.0 Å². The Morgan fingerprint density at radius 3 is 2.80 bits per heavy atom. The topological polar surface area (TPSA) is 17.1 Å². The van der Waals surface area contributed by atoms with Gasteiger partial charge in [-0.1, -0.05) is 38.5 Å². The Bertz CT molecular complexity index is 294. The predicted molar refractivity (Wildman–Crippen MR) is 64.7 cm³/mol. The van der Waals surface area contributed by atoms with Gasteiger partial charge >= 0.3 is 0 Å². The van der Waals surface area contributed by atoms with Crippen molar-refractivity contribution in [2.24, 2.45) is 11.3 Å². The molecule has 1 nitrogen and oxygen atoms in total. The molecule has 0 spiro atoms. The number of allylic oxidation sites excluding steroid dienone is 4. The number of carbonyl (C=O) groups is 1. The lowest BCUT2D eigenvalue weighted by atomic mass is 9.68. The molecule has 0 saturated heterocycles. The number of hydrogen-bond donors (Lipinski definition) is 0. The van der Waals surface area contributed by atoms with E-state index in [1.807, 2.05) is 6.92 Å². The standard InChI is InChI=1S/C14H22O/c1-5-12(15)8-9-13-11(2)7-6-10-14(13,3)4/h7-9,13H,5-6,10H2,1-4H3/b9-8+/t13-/m0/s1. The zero-order chi connectivity index (χ0) is 11.5. The van der Waals surface area contributed by atoms with E-state index in [1.165, 1.54) is 18.4 Å². The zero-order valence-corrected chi connectivity index (χ0v) is 10.3. The molecule has 1 aliphatic rings. The summed E-state index contributed by atoms with van der Waals surface area (Å²) in [6.45, 7) is 8.65. The van der Waals surface area contributed by atoms with Crippen molar-refractivity contribution in [2.45, 2.75) is 47.0 Å². The molecule has 0 aromatic heterocycles. The normalized spacial score (nSPS) is 25.3. The Balaban J connectivity index is 2.81. The molecule has 1 rings (SSSR count). The SMILES string of the molecule is CCC(=O)/C=C/[C@H]1C(C)=CCCC1(C)C. The smallest absolute Gasteiger partial charge is 0.155 e. The van der Waals surface area contributed by atoms with E-state index < -0.39 is 0 Å². The lowest BCUT2D eigenvalue weighted by molar-refractivity contribution is -0.114. The first-order valence-electron chi connectivity index (χ1n) is 5.85. The maximum atomic E-state index is 11.3. The minimum atomic E-state index is 0.226. The van der Waals surface area contributed by atoms with Gasteiger partial charge < -0.3 is 0 Å².